The van der Waals surface area contributed by atoms with Crippen LogP contribution in [0.4, 0.5) is 10.5 Å². The van der Waals surface area contributed by atoms with Crippen molar-refractivity contribution in [3.05, 3.63) is 95.7 Å². The standard InChI is InChI=1S/C27H28N4O4S2/c1-3-14-28-27(33)31(36)23-9-6-8-20(16-23)18-30-15-13-21-17-22(11-12-24(21)30)26(32)29-37(34,35)25-10-5-4-7-19(25)2/h4-13,15-17,36H,3,14,18H2,1-2H3,(H,28,33)(H,29,32). The highest BCUT2D eigenvalue weighted by Crippen LogP contribution is 2.23. The maximum absolute atomic E-state index is 12.8. The number of carbonyl (C=O) groups excluding carboxylic acids is 2. The summed E-state index contributed by atoms with van der Waals surface area (Å²) < 4.78 is 30.9. The lowest BCUT2D eigenvalue weighted by atomic mass is 10.1. The van der Waals surface area contributed by atoms with E-state index in [-0.39, 0.29) is 16.5 Å². The molecule has 0 saturated heterocycles. The van der Waals surface area contributed by atoms with Crippen LogP contribution in [0.5, 0.6) is 0 Å². The van der Waals surface area contributed by atoms with E-state index < -0.39 is 15.9 Å². The van der Waals surface area contributed by atoms with Crippen LogP contribution < -0.4 is 14.3 Å². The molecule has 0 saturated carbocycles. The molecular weight excluding hydrogens is 508 g/mol. The van der Waals surface area contributed by atoms with Gasteiger partial charge < -0.3 is 9.88 Å². The van der Waals surface area contributed by atoms with Crippen LogP contribution in [0.3, 0.4) is 0 Å². The predicted octanol–water partition coefficient (Wildman–Crippen LogP) is 4.89. The third-order valence-electron chi connectivity index (χ3n) is 5.87. The normalized spacial score (nSPS) is 11.3. The van der Waals surface area contributed by atoms with E-state index in [0.717, 1.165) is 22.9 Å². The molecule has 0 aliphatic heterocycles. The third-order valence-corrected chi connectivity index (χ3v) is 7.77. The number of hydrogen-bond donors (Lipinski definition) is 3. The molecule has 0 fully saturated rings. The van der Waals surface area contributed by atoms with Gasteiger partial charge in [-0.1, -0.05) is 50.1 Å². The van der Waals surface area contributed by atoms with Crippen LogP contribution in [0.25, 0.3) is 10.9 Å². The van der Waals surface area contributed by atoms with Crippen LogP contribution in [0, 0.1) is 6.92 Å². The maximum Gasteiger partial charge on any atom is 0.331 e. The van der Waals surface area contributed by atoms with Crippen molar-refractivity contribution in [2.75, 3.05) is 10.8 Å². The fraction of sp³-hybridized carbons (Fsp3) is 0.185. The molecule has 2 N–H and O–H groups in total. The molecule has 4 aromatic rings. The Hall–Kier alpha value is -3.76. The fourth-order valence-corrected chi connectivity index (χ4v) is 5.40. The molecule has 1 aromatic heterocycles. The van der Waals surface area contributed by atoms with E-state index in [9.17, 15) is 18.0 Å². The zero-order valence-corrected chi connectivity index (χ0v) is 22.2. The lowest BCUT2D eigenvalue weighted by Gasteiger charge is -2.17. The van der Waals surface area contributed by atoms with Crippen LogP contribution in [0.1, 0.15) is 34.8 Å². The Labute approximate surface area is 221 Å². The van der Waals surface area contributed by atoms with Crippen LogP contribution in [-0.4, -0.2) is 31.5 Å². The van der Waals surface area contributed by atoms with E-state index in [1.54, 1.807) is 43.3 Å². The number of benzene rings is 3. The molecule has 0 atom stereocenters. The number of rotatable bonds is 8. The van der Waals surface area contributed by atoms with Gasteiger partial charge in [-0.2, -0.15) is 0 Å². The Morgan fingerprint density at radius 1 is 1.00 bits per heavy atom. The van der Waals surface area contributed by atoms with Gasteiger partial charge in [-0.05, 0) is 66.9 Å². The summed E-state index contributed by atoms with van der Waals surface area (Å²) in [6.45, 7) is 4.76. The molecule has 1 heterocycles. The average Bonchev–Trinajstić information content (AvgIpc) is 3.28. The molecule has 0 unspecified atom stereocenters. The van der Waals surface area contributed by atoms with Gasteiger partial charge in [0.2, 0.25) is 0 Å². The summed E-state index contributed by atoms with van der Waals surface area (Å²) in [4.78, 5) is 25.1. The molecule has 3 amide bonds. The highest BCUT2D eigenvalue weighted by molar-refractivity contribution is 7.90. The smallest absolute Gasteiger partial charge is 0.331 e. The van der Waals surface area contributed by atoms with Crippen molar-refractivity contribution in [3.63, 3.8) is 0 Å². The third kappa shape index (κ3) is 5.98. The monoisotopic (exact) mass is 536 g/mol. The topological polar surface area (TPSA) is 101 Å². The van der Waals surface area contributed by atoms with Gasteiger partial charge in [0.25, 0.3) is 15.9 Å². The van der Waals surface area contributed by atoms with Gasteiger partial charge >= 0.3 is 6.03 Å². The van der Waals surface area contributed by atoms with E-state index in [0.29, 0.717) is 24.3 Å². The molecule has 3 aromatic carbocycles. The fourth-order valence-electron chi connectivity index (χ4n) is 3.98. The Kier molecular flexibility index (Phi) is 7.89. The Morgan fingerprint density at radius 3 is 2.54 bits per heavy atom. The minimum atomic E-state index is -3.99. The van der Waals surface area contributed by atoms with Gasteiger partial charge in [0, 0.05) is 35.8 Å². The SMILES string of the molecule is CCCNC(=O)N(S)c1cccc(Cn2ccc3cc(C(=O)NS(=O)(=O)c4ccccc4C)ccc32)c1. The number of aryl methyl sites for hydroxylation is 1. The number of urea groups is 1. The van der Waals surface area contributed by atoms with Gasteiger partial charge in [0.05, 0.1) is 10.6 Å². The number of amides is 3. The number of thiol groups is 1. The number of nitrogens with one attached hydrogen (secondary N) is 2. The van der Waals surface area contributed by atoms with Crippen molar-refractivity contribution < 1.29 is 18.0 Å². The van der Waals surface area contributed by atoms with Crippen molar-refractivity contribution in [1.82, 2.24) is 14.6 Å². The minimum absolute atomic E-state index is 0.0698. The molecule has 37 heavy (non-hydrogen) atoms. The first-order valence-electron chi connectivity index (χ1n) is 11.8. The highest BCUT2D eigenvalue weighted by Gasteiger charge is 2.21. The van der Waals surface area contributed by atoms with Crippen LogP contribution >= 0.6 is 12.8 Å². The van der Waals surface area contributed by atoms with Crippen LogP contribution in [0.2, 0.25) is 0 Å². The van der Waals surface area contributed by atoms with E-state index in [2.05, 4.69) is 22.9 Å². The molecule has 0 aliphatic carbocycles. The lowest BCUT2D eigenvalue weighted by molar-refractivity contribution is 0.0981. The molecule has 0 radical (unpaired) electrons. The summed E-state index contributed by atoms with van der Waals surface area (Å²) in [5, 5.41) is 3.59. The van der Waals surface area contributed by atoms with E-state index in [4.69, 9.17) is 0 Å². The summed E-state index contributed by atoms with van der Waals surface area (Å²) in [6, 6.07) is 20.7. The molecule has 10 heteroatoms. The molecule has 0 bridgehead atoms. The molecule has 4 rings (SSSR count). The number of carbonyl (C=O) groups is 2. The number of hydrogen-bond acceptors (Lipinski definition) is 5. The summed E-state index contributed by atoms with van der Waals surface area (Å²) in [5.74, 6) is -0.694. The molecule has 8 nitrogen and oxygen atoms in total. The molecule has 0 spiro atoms. The van der Waals surface area contributed by atoms with E-state index in [1.807, 2.05) is 48.0 Å². The van der Waals surface area contributed by atoms with Crippen LogP contribution in [0.15, 0.2) is 83.9 Å². The summed E-state index contributed by atoms with van der Waals surface area (Å²) in [5.41, 5.74) is 3.30. The largest absolute Gasteiger partial charge is 0.343 e. The molecular formula is C27H28N4O4S2. The number of nitrogens with zero attached hydrogens (tertiary/aromatic N) is 2. The number of fused-ring (bicyclic) bond motifs is 1. The average molecular weight is 537 g/mol. The van der Waals surface area contributed by atoms with Gasteiger partial charge in [-0.3, -0.25) is 4.79 Å². The number of aromatic nitrogens is 1. The minimum Gasteiger partial charge on any atom is -0.343 e. The van der Waals surface area contributed by atoms with Gasteiger partial charge in [0.15, 0.2) is 0 Å². The van der Waals surface area contributed by atoms with Crippen molar-refractivity contribution in [2.24, 2.45) is 0 Å². The van der Waals surface area contributed by atoms with Gasteiger partial charge in [-0.25, -0.2) is 22.2 Å². The van der Waals surface area contributed by atoms with E-state index in [1.165, 1.54) is 10.4 Å². The summed E-state index contributed by atoms with van der Waals surface area (Å²) >= 11 is 4.33. The number of anilines is 1. The first-order chi connectivity index (χ1) is 17.7. The highest BCUT2D eigenvalue weighted by atomic mass is 32.2. The summed E-state index contributed by atoms with van der Waals surface area (Å²) in [6.07, 6.45) is 2.73. The lowest BCUT2D eigenvalue weighted by Crippen LogP contribution is -2.34. The Bertz CT molecular complexity index is 1560. The summed E-state index contributed by atoms with van der Waals surface area (Å²) in [7, 11) is -3.99. The second-order valence-corrected chi connectivity index (χ2v) is 10.7. The second kappa shape index (κ2) is 11.1. The quantitative estimate of drug-likeness (QED) is 0.279. The number of sulfonamides is 1. The first-order valence-corrected chi connectivity index (χ1v) is 13.7. The Morgan fingerprint density at radius 2 is 1.78 bits per heavy atom. The van der Waals surface area contributed by atoms with E-state index >= 15 is 0 Å². The zero-order valence-electron chi connectivity index (χ0n) is 20.5. The van der Waals surface area contributed by atoms with Gasteiger partial charge in [-0.15, -0.1) is 0 Å². The maximum atomic E-state index is 12.8. The first kappa shape index (κ1) is 26.3. The second-order valence-electron chi connectivity index (χ2n) is 8.63. The van der Waals surface area contributed by atoms with Crippen molar-refractivity contribution in [3.8, 4) is 0 Å². The van der Waals surface area contributed by atoms with Crippen LogP contribution in [-0.2, 0) is 16.6 Å². The predicted molar refractivity (Wildman–Crippen MR) is 148 cm³/mol. The van der Waals surface area contributed by atoms with Gasteiger partial charge in [0.1, 0.15) is 0 Å². The van der Waals surface area contributed by atoms with Crippen molar-refractivity contribution in [1.29, 1.82) is 0 Å². The zero-order chi connectivity index (χ0) is 26.6. The Balaban J connectivity index is 1.51. The molecule has 0 aliphatic rings. The molecule has 192 valence electrons. The van der Waals surface area contributed by atoms with Crippen molar-refractivity contribution in [2.45, 2.75) is 31.7 Å². The van der Waals surface area contributed by atoms with Crippen molar-refractivity contribution >= 4 is 51.4 Å².